The number of hydrogen-bond acceptors (Lipinski definition) is 5. The van der Waals surface area contributed by atoms with Gasteiger partial charge in [0.05, 0.1) is 25.4 Å². The second-order valence-corrected chi connectivity index (χ2v) is 6.92. The highest BCUT2D eigenvalue weighted by Gasteiger charge is 2.26. The van der Waals surface area contributed by atoms with Gasteiger partial charge in [0.1, 0.15) is 0 Å². The summed E-state index contributed by atoms with van der Waals surface area (Å²) < 4.78 is 11.1. The quantitative estimate of drug-likeness (QED) is 0.720. The molecule has 0 aromatic heterocycles. The Hall–Kier alpha value is -1.47. The van der Waals surface area contributed by atoms with Gasteiger partial charge in [-0.05, 0) is 25.5 Å². The number of benzene rings is 1. The molecule has 0 aliphatic carbocycles. The number of amides is 1. The largest absolute Gasteiger partial charge is 0.392 e. The Morgan fingerprint density at radius 2 is 2.15 bits per heavy atom. The molecule has 0 radical (unpaired) electrons. The molecule has 0 unspecified atom stereocenters. The van der Waals surface area contributed by atoms with Crippen LogP contribution in [0.25, 0.3) is 0 Å². The molecule has 0 bridgehead atoms. The van der Waals surface area contributed by atoms with E-state index in [1.165, 1.54) is 0 Å². The normalized spacial score (nSPS) is 19.3. The van der Waals surface area contributed by atoms with Crippen LogP contribution in [0.15, 0.2) is 24.3 Å². The van der Waals surface area contributed by atoms with Gasteiger partial charge >= 0.3 is 0 Å². The highest BCUT2D eigenvalue weighted by Crippen LogP contribution is 2.12. The molecule has 1 N–H and O–H groups in total. The summed E-state index contributed by atoms with van der Waals surface area (Å²) in [5.74, 6) is -0.00336. The van der Waals surface area contributed by atoms with Crippen molar-refractivity contribution in [1.29, 1.82) is 0 Å². The van der Waals surface area contributed by atoms with Crippen LogP contribution in [0.1, 0.15) is 29.3 Å². The van der Waals surface area contributed by atoms with Crippen molar-refractivity contribution in [2.45, 2.75) is 32.5 Å². The number of methoxy groups -OCH3 is 1. The number of carbonyl (C=O) groups is 1. The van der Waals surface area contributed by atoms with E-state index in [0.29, 0.717) is 38.4 Å². The first-order valence-electron chi connectivity index (χ1n) is 9.40. The van der Waals surface area contributed by atoms with Gasteiger partial charge in [-0.25, -0.2) is 0 Å². The summed E-state index contributed by atoms with van der Waals surface area (Å²) in [4.78, 5) is 16.9. The van der Waals surface area contributed by atoms with Crippen molar-refractivity contribution in [1.82, 2.24) is 9.80 Å². The number of β-amino-alcohol motifs (C(OH)–C–C–N with tert-alkyl or cyclic N) is 1. The van der Waals surface area contributed by atoms with Crippen LogP contribution >= 0.6 is 0 Å². The van der Waals surface area contributed by atoms with Gasteiger partial charge in [-0.1, -0.05) is 24.6 Å². The maximum Gasteiger partial charge on any atom is 0.254 e. The van der Waals surface area contributed by atoms with Gasteiger partial charge < -0.3 is 19.5 Å². The number of nitrogens with zero attached hydrogens (tertiary/aromatic N) is 2. The average molecular weight is 364 g/mol. The van der Waals surface area contributed by atoms with Crippen LogP contribution in [0.3, 0.4) is 0 Å². The molecule has 1 fully saturated rings. The zero-order chi connectivity index (χ0) is 18.9. The molecular weight excluding hydrogens is 332 g/mol. The van der Waals surface area contributed by atoms with Crippen LogP contribution in [0.4, 0.5) is 0 Å². The van der Waals surface area contributed by atoms with Crippen LogP contribution in [-0.4, -0.2) is 86.1 Å². The maximum absolute atomic E-state index is 12.9. The van der Waals surface area contributed by atoms with Crippen LogP contribution in [-0.2, 0) is 9.47 Å². The van der Waals surface area contributed by atoms with Crippen LogP contribution < -0.4 is 0 Å². The molecule has 6 nitrogen and oxygen atoms in total. The van der Waals surface area contributed by atoms with Crippen LogP contribution in [0.2, 0.25) is 0 Å². The SMILES string of the molecule is CC[C@@H](O)CN1CCO[C@@H](CN(CCOC)C(=O)c2ccc(C)cc2)C1. The summed E-state index contributed by atoms with van der Waals surface area (Å²) in [5, 5.41) is 9.89. The molecule has 1 aromatic carbocycles. The average Bonchev–Trinajstić information content (AvgIpc) is 2.65. The van der Waals surface area contributed by atoms with Crippen molar-refractivity contribution in [2.24, 2.45) is 0 Å². The zero-order valence-electron chi connectivity index (χ0n) is 16.2. The molecule has 1 saturated heterocycles. The lowest BCUT2D eigenvalue weighted by molar-refractivity contribution is -0.0517. The van der Waals surface area contributed by atoms with Crippen LogP contribution in [0.5, 0.6) is 0 Å². The van der Waals surface area contributed by atoms with E-state index in [1.807, 2.05) is 38.1 Å². The lowest BCUT2D eigenvalue weighted by Gasteiger charge is -2.36. The minimum absolute atomic E-state index is 0.00336. The number of morpholine rings is 1. The molecule has 146 valence electrons. The summed E-state index contributed by atoms with van der Waals surface area (Å²) in [6, 6.07) is 7.63. The summed E-state index contributed by atoms with van der Waals surface area (Å²) in [6.45, 7) is 8.34. The third-order valence-corrected chi connectivity index (χ3v) is 4.74. The van der Waals surface area contributed by atoms with Gasteiger partial charge in [0.25, 0.3) is 5.91 Å². The predicted octanol–water partition coefficient (Wildman–Crippen LogP) is 1.56. The lowest BCUT2D eigenvalue weighted by Crippen LogP contribution is -2.50. The van der Waals surface area contributed by atoms with E-state index >= 15 is 0 Å². The van der Waals surface area contributed by atoms with Gasteiger partial charge in [-0.3, -0.25) is 9.69 Å². The van der Waals surface area contributed by atoms with E-state index in [0.717, 1.165) is 25.1 Å². The smallest absolute Gasteiger partial charge is 0.254 e. The number of aliphatic hydroxyl groups excluding tert-OH is 1. The van der Waals surface area contributed by atoms with Gasteiger partial charge in [0.15, 0.2) is 0 Å². The van der Waals surface area contributed by atoms with E-state index < -0.39 is 0 Å². The van der Waals surface area contributed by atoms with Crippen molar-refractivity contribution < 1.29 is 19.4 Å². The van der Waals surface area contributed by atoms with E-state index in [9.17, 15) is 9.90 Å². The second-order valence-electron chi connectivity index (χ2n) is 6.92. The molecule has 0 saturated carbocycles. The molecule has 1 heterocycles. The summed E-state index contributed by atoms with van der Waals surface area (Å²) in [5.41, 5.74) is 1.81. The van der Waals surface area contributed by atoms with Crippen molar-refractivity contribution in [3.63, 3.8) is 0 Å². The summed E-state index contributed by atoms with van der Waals surface area (Å²) in [7, 11) is 1.64. The predicted molar refractivity (Wildman–Crippen MR) is 101 cm³/mol. The number of rotatable bonds is 9. The number of aliphatic hydroxyl groups is 1. The molecular formula is C20H32N2O4. The Labute approximate surface area is 156 Å². The van der Waals surface area contributed by atoms with Crippen molar-refractivity contribution in [3.8, 4) is 0 Å². The highest BCUT2D eigenvalue weighted by molar-refractivity contribution is 5.94. The molecule has 2 rings (SSSR count). The Morgan fingerprint density at radius 3 is 2.81 bits per heavy atom. The number of carbonyl (C=O) groups excluding carboxylic acids is 1. The van der Waals surface area contributed by atoms with E-state index in [4.69, 9.17) is 9.47 Å². The van der Waals surface area contributed by atoms with Crippen molar-refractivity contribution in [3.05, 3.63) is 35.4 Å². The molecule has 6 heteroatoms. The third kappa shape index (κ3) is 6.36. The zero-order valence-corrected chi connectivity index (χ0v) is 16.2. The number of ether oxygens (including phenoxy) is 2. The van der Waals surface area contributed by atoms with E-state index in [1.54, 1.807) is 12.0 Å². The number of aryl methyl sites for hydroxylation is 1. The molecule has 2 atom stereocenters. The molecule has 0 spiro atoms. The molecule has 1 aliphatic rings. The minimum Gasteiger partial charge on any atom is -0.392 e. The Balaban J connectivity index is 1.99. The fraction of sp³-hybridized carbons (Fsp3) is 0.650. The standard InChI is InChI=1S/C20H32N2O4/c1-4-18(23)13-21-9-12-26-19(14-21)15-22(10-11-25-3)20(24)17-7-5-16(2)6-8-17/h5-8,18-19,23H,4,9-15H2,1-3H3/t18-,19-/m1/s1. The second kappa shape index (κ2) is 10.6. The minimum atomic E-state index is -0.312. The maximum atomic E-state index is 12.9. The summed E-state index contributed by atoms with van der Waals surface area (Å²) in [6.07, 6.45) is 0.375. The fourth-order valence-corrected chi connectivity index (χ4v) is 3.09. The monoisotopic (exact) mass is 364 g/mol. The first kappa shape index (κ1) is 20.8. The topological polar surface area (TPSA) is 62.2 Å². The fourth-order valence-electron chi connectivity index (χ4n) is 3.09. The van der Waals surface area contributed by atoms with Gasteiger partial charge in [0.2, 0.25) is 0 Å². The van der Waals surface area contributed by atoms with Gasteiger partial charge in [-0.2, -0.15) is 0 Å². The van der Waals surface area contributed by atoms with E-state index in [-0.39, 0.29) is 18.1 Å². The Morgan fingerprint density at radius 1 is 1.42 bits per heavy atom. The van der Waals surface area contributed by atoms with E-state index in [2.05, 4.69) is 4.90 Å². The van der Waals surface area contributed by atoms with Gasteiger partial charge in [-0.15, -0.1) is 0 Å². The van der Waals surface area contributed by atoms with Crippen molar-refractivity contribution in [2.75, 3.05) is 53.0 Å². The first-order valence-corrected chi connectivity index (χ1v) is 9.40. The third-order valence-electron chi connectivity index (χ3n) is 4.74. The Kier molecular flexibility index (Phi) is 8.51. The van der Waals surface area contributed by atoms with Gasteiger partial charge in [0, 0.05) is 45.4 Å². The summed E-state index contributed by atoms with van der Waals surface area (Å²) >= 11 is 0. The molecule has 1 aromatic rings. The first-order chi connectivity index (χ1) is 12.5. The molecule has 26 heavy (non-hydrogen) atoms. The highest BCUT2D eigenvalue weighted by atomic mass is 16.5. The number of hydrogen-bond donors (Lipinski definition) is 1. The lowest BCUT2D eigenvalue weighted by atomic mass is 10.1. The van der Waals surface area contributed by atoms with Crippen molar-refractivity contribution >= 4 is 5.91 Å². The molecule has 1 amide bonds. The molecule has 1 aliphatic heterocycles. The Bertz CT molecular complexity index is 549. The van der Waals surface area contributed by atoms with Crippen LogP contribution in [0, 0.1) is 6.92 Å².